The molecule has 0 aromatic heterocycles. The third kappa shape index (κ3) is 9.75. The van der Waals surface area contributed by atoms with E-state index in [9.17, 15) is 29.4 Å². The number of amides is 3. The summed E-state index contributed by atoms with van der Waals surface area (Å²) >= 11 is 0. The number of hydrogen-bond donors (Lipinski definition) is 7. The third-order valence-corrected chi connectivity index (χ3v) is 5.23. The van der Waals surface area contributed by atoms with Crippen LogP contribution in [0.4, 0.5) is 0 Å². The molecule has 4 atom stereocenters. The number of phenols is 1. The second-order valence-electron chi connectivity index (χ2n) is 8.63. The Morgan fingerprint density at radius 2 is 1.44 bits per heavy atom. The Balaban J connectivity index is 3.08. The SMILES string of the molecule is CC(N)C(=O)NC(Cc1ccc(O)cc1)C(=O)NC(CCCCN)C(=O)NC(C(=O)O)C(C)C. The highest BCUT2D eigenvalue weighted by molar-refractivity contribution is 5.94. The zero-order valence-corrected chi connectivity index (χ0v) is 19.9. The van der Waals surface area contributed by atoms with Gasteiger partial charge in [-0.05, 0) is 56.3 Å². The molecule has 0 saturated heterocycles. The van der Waals surface area contributed by atoms with Crippen LogP contribution in [0, 0.1) is 5.92 Å². The summed E-state index contributed by atoms with van der Waals surface area (Å²) < 4.78 is 0. The number of unbranched alkanes of at least 4 members (excludes halogenated alkanes) is 1. The number of rotatable bonds is 14. The summed E-state index contributed by atoms with van der Waals surface area (Å²) in [6.45, 7) is 5.21. The minimum atomic E-state index is -1.18. The van der Waals surface area contributed by atoms with Crippen LogP contribution < -0.4 is 27.4 Å². The van der Waals surface area contributed by atoms with Crippen molar-refractivity contribution in [2.45, 2.75) is 70.6 Å². The second-order valence-corrected chi connectivity index (χ2v) is 8.63. The fraction of sp³-hybridized carbons (Fsp3) is 0.565. The smallest absolute Gasteiger partial charge is 0.326 e. The largest absolute Gasteiger partial charge is 0.508 e. The number of hydrogen-bond acceptors (Lipinski definition) is 7. The van der Waals surface area contributed by atoms with Crippen molar-refractivity contribution in [3.05, 3.63) is 29.8 Å². The average molecular weight is 480 g/mol. The summed E-state index contributed by atoms with van der Waals surface area (Å²) in [4.78, 5) is 49.7. The summed E-state index contributed by atoms with van der Waals surface area (Å²) in [5, 5.41) is 26.6. The summed E-state index contributed by atoms with van der Waals surface area (Å²) in [6, 6.07) is 2.09. The zero-order chi connectivity index (χ0) is 25.8. The maximum absolute atomic E-state index is 13.1. The minimum absolute atomic E-state index is 0.0548. The number of carboxylic acids is 1. The van der Waals surface area contributed by atoms with Crippen LogP contribution in [0.25, 0.3) is 0 Å². The van der Waals surface area contributed by atoms with Gasteiger partial charge in [0.15, 0.2) is 0 Å². The Kier molecular flexibility index (Phi) is 12.0. The molecule has 34 heavy (non-hydrogen) atoms. The Hall–Kier alpha value is -3.18. The van der Waals surface area contributed by atoms with Crippen LogP contribution in [0.3, 0.4) is 0 Å². The molecule has 0 fully saturated rings. The number of aromatic hydroxyl groups is 1. The van der Waals surface area contributed by atoms with Crippen molar-refractivity contribution in [1.82, 2.24) is 16.0 Å². The van der Waals surface area contributed by atoms with E-state index in [4.69, 9.17) is 11.5 Å². The van der Waals surface area contributed by atoms with Crippen molar-refractivity contribution in [2.75, 3.05) is 6.54 Å². The Labute approximate surface area is 199 Å². The van der Waals surface area contributed by atoms with Crippen molar-refractivity contribution < 1.29 is 29.4 Å². The molecule has 1 rings (SSSR count). The van der Waals surface area contributed by atoms with Gasteiger partial charge in [-0.25, -0.2) is 4.79 Å². The number of carbonyl (C=O) groups excluding carboxylic acids is 3. The molecular weight excluding hydrogens is 442 g/mol. The van der Waals surface area contributed by atoms with Gasteiger partial charge in [-0.3, -0.25) is 14.4 Å². The van der Waals surface area contributed by atoms with Crippen LogP contribution >= 0.6 is 0 Å². The van der Waals surface area contributed by atoms with Crippen molar-refractivity contribution >= 4 is 23.7 Å². The molecule has 1 aromatic rings. The zero-order valence-electron chi connectivity index (χ0n) is 19.9. The molecular formula is C23H37N5O6. The summed E-state index contributed by atoms with van der Waals surface area (Å²) in [7, 11) is 0. The number of carbonyl (C=O) groups is 4. The van der Waals surface area contributed by atoms with Gasteiger partial charge in [-0.15, -0.1) is 0 Å². The molecule has 11 heteroatoms. The molecule has 3 amide bonds. The fourth-order valence-corrected chi connectivity index (χ4v) is 3.18. The second kappa shape index (κ2) is 14.2. The maximum atomic E-state index is 13.1. The number of aliphatic carboxylic acids is 1. The molecule has 0 aliphatic carbocycles. The van der Waals surface area contributed by atoms with Crippen LogP contribution in [-0.4, -0.2) is 64.6 Å². The van der Waals surface area contributed by atoms with Gasteiger partial charge in [0.1, 0.15) is 23.9 Å². The number of carboxylic acid groups (broad SMARTS) is 1. The van der Waals surface area contributed by atoms with Crippen LogP contribution in [0.1, 0.15) is 45.6 Å². The van der Waals surface area contributed by atoms with Gasteiger partial charge in [-0.2, -0.15) is 0 Å². The van der Waals surface area contributed by atoms with Gasteiger partial charge >= 0.3 is 5.97 Å². The van der Waals surface area contributed by atoms with E-state index in [1.54, 1.807) is 26.0 Å². The molecule has 0 saturated carbocycles. The van der Waals surface area contributed by atoms with E-state index in [1.807, 2.05) is 0 Å². The van der Waals surface area contributed by atoms with Gasteiger partial charge in [0, 0.05) is 6.42 Å². The molecule has 1 aromatic carbocycles. The van der Waals surface area contributed by atoms with Gasteiger partial charge < -0.3 is 37.6 Å². The highest BCUT2D eigenvalue weighted by Gasteiger charge is 2.31. The Bertz CT molecular complexity index is 828. The van der Waals surface area contributed by atoms with Crippen LogP contribution in [-0.2, 0) is 25.6 Å². The quantitative estimate of drug-likeness (QED) is 0.175. The van der Waals surface area contributed by atoms with E-state index in [-0.39, 0.29) is 24.5 Å². The van der Waals surface area contributed by atoms with E-state index >= 15 is 0 Å². The van der Waals surface area contributed by atoms with Gasteiger partial charge in [0.05, 0.1) is 6.04 Å². The summed E-state index contributed by atoms with van der Waals surface area (Å²) in [6.07, 6.45) is 1.48. The lowest BCUT2D eigenvalue weighted by Gasteiger charge is -2.26. The maximum Gasteiger partial charge on any atom is 0.326 e. The standard InChI is InChI=1S/C23H37N5O6/c1-13(2)19(23(33)34)28-21(31)17(6-4-5-11-24)26-22(32)18(27-20(30)14(3)25)12-15-7-9-16(29)10-8-15/h7-10,13-14,17-19,29H,4-6,11-12,24-25H2,1-3H3,(H,26,32)(H,27,30)(H,28,31)(H,33,34). The molecule has 0 aliphatic rings. The van der Waals surface area contributed by atoms with E-state index in [0.29, 0.717) is 24.9 Å². The molecule has 11 nitrogen and oxygen atoms in total. The highest BCUT2D eigenvalue weighted by atomic mass is 16.4. The summed E-state index contributed by atoms with van der Waals surface area (Å²) in [5.74, 6) is -3.29. The first-order valence-electron chi connectivity index (χ1n) is 11.3. The predicted molar refractivity (Wildman–Crippen MR) is 127 cm³/mol. The van der Waals surface area contributed by atoms with Gasteiger partial charge in [-0.1, -0.05) is 26.0 Å². The first-order chi connectivity index (χ1) is 16.0. The van der Waals surface area contributed by atoms with Crippen LogP contribution in [0.15, 0.2) is 24.3 Å². The topological polar surface area (TPSA) is 197 Å². The van der Waals surface area contributed by atoms with Crippen molar-refractivity contribution in [3.8, 4) is 5.75 Å². The van der Waals surface area contributed by atoms with Gasteiger partial charge in [0.2, 0.25) is 17.7 Å². The molecule has 0 heterocycles. The molecule has 0 bridgehead atoms. The number of nitrogens with one attached hydrogen (secondary N) is 3. The van der Waals surface area contributed by atoms with Crippen molar-refractivity contribution in [2.24, 2.45) is 17.4 Å². The van der Waals surface area contributed by atoms with E-state index in [2.05, 4.69) is 16.0 Å². The first-order valence-corrected chi connectivity index (χ1v) is 11.3. The monoisotopic (exact) mass is 479 g/mol. The van der Waals surface area contributed by atoms with Gasteiger partial charge in [0.25, 0.3) is 0 Å². The average Bonchev–Trinajstić information content (AvgIpc) is 2.76. The lowest BCUT2D eigenvalue weighted by molar-refractivity contribution is -0.143. The predicted octanol–water partition coefficient (Wildman–Crippen LogP) is -0.394. The van der Waals surface area contributed by atoms with E-state index in [1.165, 1.54) is 19.1 Å². The molecule has 0 radical (unpaired) electrons. The lowest BCUT2D eigenvalue weighted by Crippen LogP contribution is -2.57. The molecule has 9 N–H and O–H groups in total. The highest BCUT2D eigenvalue weighted by Crippen LogP contribution is 2.12. The molecule has 4 unspecified atom stereocenters. The van der Waals surface area contributed by atoms with E-state index < -0.39 is 47.9 Å². The summed E-state index contributed by atoms with van der Waals surface area (Å²) in [5.41, 5.74) is 11.8. The molecule has 0 spiro atoms. The van der Waals surface area contributed by atoms with Crippen molar-refractivity contribution in [3.63, 3.8) is 0 Å². The Morgan fingerprint density at radius 1 is 0.882 bits per heavy atom. The Morgan fingerprint density at radius 3 is 1.94 bits per heavy atom. The number of benzene rings is 1. The van der Waals surface area contributed by atoms with Crippen molar-refractivity contribution in [1.29, 1.82) is 0 Å². The normalized spacial score (nSPS) is 14.5. The lowest BCUT2D eigenvalue weighted by atomic mass is 10.0. The fourth-order valence-electron chi connectivity index (χ4n) is 3.18. The van der Waals surface area contributed by atoms with Crippen LogP contribution in [0.5, 0.6) is 5.75 Å². The first kappa shape index (κ1) is 28.9. The third-order valence-electron chi connectivity index (χ3n) is 5.23. The number of phenolic OH excluding ortho intramolecular Hbond substituents is 1. The van der Waals surface area contributed by atoms with Crippen LogP contribution in [0.2, 0.25) is 0 Å². The molecule has 190 valence electrons. The molecule has 0 aliphatic heterocycles. The minimum Gasteiger partial charge on any atom is -0.508 e. The van der Waals surface area contributed by atoms with E-state index in [0.717, 1.165) is 0 Å². The number of nitrogens with two attached hydrogens (primary N) is 2.